The number of methoxy groups -OCH3 is 1. The van der Waals surface area contributed by atoms with Crippen LogP contribution >= 0.6 is 0 Å². The van der Waals surface area contributed by atoms with E-state index in [1.54, 1.807) is 7.11 Å². The molecule has 2 atom stereocenters. The van der Waals surface area contributed by atoms with Crippen LogP contribution in [0.25, 0.3) is 0 Å². The fourth-order valence-corrected chi connectivity index (χ4v) is 6.09. The molecule has 2 aliphatic rings. The topological polar surface area (TPSA) is 46.6 Å². The minimum absolute atomic E-state index is 0.0524. The first kappa shape index (κ1) is 16.8. The number of hydrogen-bond acceptors (Lipinski definition) is 3. The summed E-state index contributed by atoms with van der Waals surface area (Å²) in [7, 11) is -2.22. The van der Waals surface area contributed by atoms with Gasteiger partial charge < -0.3 is 4.74 Å². The van der Waals surface area contributed by atoms with Gasteiger partial charge in [0.1, 0.15) is 0 Å². The first-order valence-electron chi connectivity index (χ1n) is 7.57. The fourth-order valence-electron chi connectivity index (χ4n) is 4.53. The molecule has 2 fully saturated rings. The van der Waals surface area contributed by atoms with Crippen molar-refractivity contribution in [1.29, 1.82) is 0 Å². The normalized spacial score (nSPS) is 30.0. The molecule has 1 aromatic rings. The molecular weight excluding hydrogens is 324 g/mol. The first-order valence-corrected chi connectivity index (χ1v) is 9.01. The van der Waals surface area contributed by atoms with Crippen LogP contribution in [0.5, 0.6) is 0 Å². The van der Waals surface area contributed by atoms with Gasteiger partial charge in [-0.05, 0) is 36.0 Å². The van der Waals surface area contributed by atoms with Crippen LogP contribution in [0.4, 0.5) is 8.78 Å². The van der Waals surface area contributed by atoms with Crippen molar-refractivity contribution >= 4 is 10.0 Å². The van der Waals surface area contributed by atoms with Gasteiger partial charge in [-0.3, -0.25) is 0 Å². The second-order valence-electron chi connectivity index (χ2n) is 7.39. The maximum absolute atomic E-state index is 13.4. The van der Waals surface area contributed by atoms with Crippen LogP contribution in [0, 0.1) is 28.4 Å². The van der Waals surface area contributed by atoms with E-state index in [-0.39, 0.29) is 21.6 Å². The zero-order chi connectivity index (χ0) is 17.0. The molecule has 0 amide bonds. The summed E-state index contributed by atoms with van der Waals surface area (Å²) in [6.07, 6.45) is 0.891. The Morgan fingerprint density at radius 3 is 2.57 bits per heavy atom. The van der Waals surface area contributed by atoms with E-state index < -0.39 is 21.7 Å². The Morgan fingerprint density at radius 1 is 1.30 bits per heavy atom. The van der Waals surface area contributed by atoms with E-state index in [4.69, 9.17) is 4.74 Å². The Bertz CT molecular complexity index is 735. The highest BCUT2D eigenvalue weighted by Gasteiger charge is 2.64. The minimum atomic E-state index is -3.84. The SMILES string of the molecule is COC[C@@]12CN(S(=O)(=O)c3ccc(F)c(F)c3)C[C@@H]1C(C)(C)C2. The molecule has 0 radical (unpaired) electrons. The van der Waals surface area contributed by atoms with Gasteiger partial charge in [0.25, 0.3) is 0 Å². The van der Waals surface area contributed by atoms with E-state index in [1.807, 2.05) is 0 Å². The Kier molecular flexibility index (Phi) is 3.82. The van der Waals surface area contributed by atoms with Crippen molar-refractivity contribution in [3.05, 3.63) is 29.8 Å². The lowest BCUT2D eigenvalue weighted by Gasteiger charge is -2.56. The van der Waals surface area contributed by atoms with Gasteiger partial charge in [-0.2, -0.15) is 4.31 Å². The standard InChI is InChI=1S/C16H21F2NO3S/c1-15(2)8-16(10-22-3)9-19(7-14(15)16)23(20,21)11-4-5-12(17)13(18)6-11/h4-6,14H,7-10H2,1-3H3/t14-,16-/m1/s1. The summed E-state index contributed by atoms with van der Waals surface area (Å²) in [6.45, 7) is 5.50. The molecule has 4 nitrogen and oxygen atoms in total. The Labute approximate surface area is 135 Å². The van der Waals surface area contributed by atoms with Crippen LogP contribution in [0.2, 0.25) is 0 Å². The average Bonchev–Trinajstić information content (AvgIpc) is 2.77. The summed E-state index contributed by atoms with van der Waals surface area (Å²) in [5.74, 6) is -2.00. The van der Waals surface area contributed by atoms with Crippen molar-refractivity contribution in [1.82, 2.24) is 4.31 Å². The van der Waals surface area contributed by atoms with E-state index in [0.717, 1.165) is 24.6 Å². The van der Waals surface area contributed by atoms with Crippen molar-refractivity contribution < 1.29 is 21.9 Å². The number of nitrogens with zero attached hydrogens (tertiary/aromatic N) is 1. The van der Waals surface area contributed by atoms with Gasteiger partial charge in [0.2, 0.25) is 10.0 Å². The second-order valence-corrected chi connectivity index (χ2v) is 9.32. The highest BCUT2D eigenvalue weighted by Crippen LogP contribution is 2.63. The number of rotatable bonds is 4. The van der Waals surface area contributed by atoms with E-state index in [0.29, 0.717) is 19.7 Å². The predicted octanol–water partition coefficient (Wildman–Crippen LogP) is 2.65. The molecule has 128 valence electrons. The molecule has 0 N–H and O–H groups in total. The lowest BCUT2D eigenvalue weighted by Crippen LogP contribution is -2.55. The van der Waals surface area contributed by atoms with Crippen molar-refractivity contribution in [2.75, 3.05) is 26.8 Å². The smallest absolute Gasteiger partial charge is 0.243 e. The highest BCUT2D eigenvalue weighted by atomic mass is 32.2. The summed E-state index contributed by atoms with van der Waals surface area (Å²) in [5.41, 5.74) is -0.124. The number of hydrogen-bond donors (Lipinski definition) is 0. The third kappa shape index (κ3) is 2.49. The molecule has 3 rings (SSSR count). The highest BCUT2D eigenvalue weighted by molar-refractivity contribution is 7.89. The monoisotopic (exact) mass is 345 g/mol. The van der Waals surface area contributed by atoms with Crippen molar-refractivity contribution in [3.63, 3.8) is 0 Å². The van der Waals surface area contributed by atoms with Gasteiger partial charge in [0, 0.05) is 25.6 Å². The minimum Gasteiger partial charge on any atom is -0.384 e. The van der Waals surface area contributed by atoms with Crippen LogP contribution in [0.1, 0.15) is 20.3 Å². The molecule has 0 spiro atoms. The van der Waals surface area contributed by atoms with Crippen LogP contribution < -0.4 is 0 Å². The van der Waals surface area contributed by atoms with Crippen LogP contribution in [0.3, 0.4) is 0 Å². The lowest BCUT2D eigenvalue weighted by molar-refractivity contribution is -0.106. The van der Waals surface area contributed by atoms with E-state index in [1.165, 1.54) is 4.31 Å². The summed E-state index contributed by atoms with van der Waals surface area (Å²) < 4.78 is 58.7. The molecule has 23 heavy (non-hydrogen) atoms. The number of sulfonamides is 1. The average molecular weight is 345 g/mol. The lowest BCUT2D eigenvalue weighted by atomic mass is 9.48. The van der Waals surface area contributed by atoms with Gasteiger partial charge in [-0.25, -0.2) is 17.2 Å². The summed E-state index contributed by atoms with van der Waals surface area (Å²) >= 11 is 0. The maximum Gasteiger partial charge on any atom is 0.243 e. The molecule has 0 aromatic heterocycles. The third-order valence-electron chi connectivity index (χ3n) is 5.33. The number of halogens is 2. The van der Waals surface area contributed by atoms with Gasteiger partial charge >= 0.3 is 0 Å². The summed E-state index contributed by atoms with van der Waals surface area (Å²) in [4.78, 5) is -0.205. The second kappa shape index (κ2) is 5.22. The zero-order valence-electron chi connectivity index (χ0n) is 13.5. The number of fused-ring (bicyclic) bond motifs is 1. The number of ether oxygens (including phenoxy) is 1. The van der Waals surface area contributed by atoms with E-state index >= 15 is 0 Å². The van der Waals surface area contributed by atoms with Crippen LogP contribution in [-0.4, -0.2) is 39.5 Å². The number of benzene rings is 1. The van der Waals surface area contributed by atoms with Gasteiger partial charge in [0.15, 0.2) is 11.6 Å². The molecule has 1 aliphatic carbocycles. The maximum atomic E-state index is 13.4. The molecular formula is C16H21F2NO3S. The molecule has 0 bridgehead atoms. The molecule has 1 saturated heterocycles. The van der Waals surface area contributed by atoms with Crippen LogP contribution in [0.15, 0.2) is 23.1 Å². The molecule has 1 aliphatic heterocycles. The summed E-state index contributed by atoms with van der Waals surface area (Å²) in [5, 5.41) is 0. The largest absolute Gasteiger partial charge is 0.384 e. The van der Waals surface area contributed by atoms with E-state index in [2.05, 4.69) is 13.8 Å². The molecule has 7 heteroatoms. The Balaban J connectivity index is 1.91. The van der Waals surface area contributed by atoms with Crippen molar-refractivity contribution in [2.45, 2.75) is 25.2 Å². The fraction of sp³-hybridized carbons (Fsp3) is 0.625. The quantitative estimate of drug-likeness (QED) is 0.843. The van der Waals surface area contributed by atoms with Gasteiger partial charge in [-0.1, -0.05) is 13.8 Å². The van der Waals surface area contributed by atoms with Crippen molar-refractivity contribution in [3.8, 4) is 0 Å². The molecule has 0 unspecified atom stereocenters. The predicted molar refractivity (Wildman–Crippen MR) is 81.3 cm³/mol. The van der Waals surface area contributed by atoms with E-state index in [9.17, 15) is 17.2 Å². The third-order valence-corrected chi connectivity index (χ3v) is 7.14. The Hall–Kier alpha value is -1.05. The molecule has 1 heterocycles. The zero-order valence-corrected chi connectivity index (χ0v) is 14.3. The van der Waals surface area contributed by atoms with Gasteiger partial charge in [0.05, 0.1) is 11.5 Å². The van der Waals surface area contributed by atoms with Crippen molar-refractivity contribution in [2.24, 2.45) is 16.7 Å². The summed E-state index contributed by atoms with van der Waals surface area (Å²) in [6, 6.07) is 2.71. The molecule has 1 saturated carbocycles. The van der Waals surface area contributed by atoms with Crippen LogP contribution in [-0.2, 0) is 14.8 Å². The Morgan fingerprint density at radius 2 is 2.00 bits per heavy atom. The van der Waals surface area contributed by atoms with Gasteiger partial charge in [-0.15, -0.1) is 0 Å². The molecule has 1 aromatic carbocycles. The first-order chi connectivity index (χ1) is 10.6.